The molecule has 3 aromatic rings. The van der Waals surface area contributed by atoms with Crippen molar-refractivity contribution in [1.82, 2.24) is 24.7 Å². The van der Waals surface area contributed by atoms with Crippen molar-refractivity contribution in [3.05, 3.63) is 48.8 Å². The van der Waals surface area contributed by atoms with Crippen LogP contribution in [0.2, 0.25) is 0 Å². The Balaban J connectivity index is 1.82. The van der Waals surface area contributed by atoms with Gasteiger partial charge in [-0.2, -0.15) is 0 Å². The fourth-order valence-corrected chi connectivity index (χ4v) is 2.19. The molecular formula is C16H17N7O. The second-order valence-corrected chi connectivity index (χ2v) is 5.48. The van der Waals surface area contributed by atoms with Gasteiger partial charge >= 0.3 is 0 Å². The van der Waals surface area contributed by atoms with Crippen molar-refractivity contribution in [3.8, 4) is 11.4 Å². The Hall–Kier alpha value is -3.29. The van der Waals surface area contributed by atoms with E-state index in [2.05, 4.69) is 25.5 Å². The zero-order chi connectivity index (χ0) is 17.1. The van der Waals surface area contributed by atoms with Crippen LogP contribution in [0.15, 0.2) is 43.1 Å². The molecular weight excluding hydrogens is 306 g/mol. The van der Waals surface area contributed by atoms with Crippen molar-refractivity contribution in [2.75, 3.05) is 24.3 Å². The molecule has 122 valence electrons. The maximum atomic E-state index is 12.4. The molecule has 0 fully saturated rings. The zero-order valence-corrected chi connectivity index (χ0v) is 13.6. The van der Waals surface area contributed by atoms with E-state index in [0.717, 1.165) is 11.3 Å². The smallest absolute Gasteiger partial charge is 0.274 e. The van der Waals surface area contributed by atoms with Crippen LogP contribution >= 0.6 is 0 Å². The molecule has 3 rings (SSSR count). The van der Waals surface area contributed by atoms with Crippen molar-refractivity contribution >= 4 is 17.3 Å². The second-order valence-electron chi connectivity index (χ2n) is 5.48. The van der Waals surface area contributed by atoms with E-state index in [1.54, 1.807) is 41.6 Å². The number of amides is 1. The molecule has 0 aromatic carbocycles. The van der Waals surface area contributed by atoms with Crippen LogP contribution in [0.3, 0.4) is 0 Å². The molecule has 0 atom stereocenters. The minimum atomic E-state index is -0.296. The summed E-state index contributed by atoms with van der Waals surface area (Å²) in [5.74, 6) is 0.377. The van der Waals surface area contributed by atoms with E-state index in [-0.39, 0.29) is 5.91 Å². The molecule has 0 aliphatic carbocycles. The number of nitrogens with one attached hydrogen (secondary N) is 1. The van der Waals surface area contributed by atoms with E-state index in [0.29, 0.717) is 17.2 Å². The minimum Gasteiger partial charge on any atom is -0.378 e. The largest absolute Gasteiger partial charge is 0.378 e. The summed E-state index contributed by atoms with van der Waals surface area (Å²) in [4.78, 5) is 22.6. The average Bonchev–Trinajstić information content (AvgIpc) is 3.01. The first-order valence-corrected chi connectivity index (χ1v) is 7.29. The molecule has 0 saturated carbocycles. The van der Waals surface area contributed by atoms with Crippen molar-refractivity contribution in [1.29, 1.82) is 0 Å². The highest BCUT2D eigenvalue weighted by atomic mass is 16.1. The molecule has 0 saturated heterocycles. The first-order chi connectivity index (χ1) is 11.5. The third-order valence-electron chi connectivity index (χ3n) is 3.46. The molecule has 1 amide bonds. The molecule has 0 radical (unpaired) electrons. The maximum Gasteiger partial charge on any atom is 0.274 e. The van der Waals surface area contributed by atoms with Gasteiger partial charge in [-0.1, -0.05) is 0 Å². The molecule has 3 heterocycles. The fourth-order valence-electron chi connectivity index (χ4n) is 2.19. The lowest BCUT2D eigenvalue weighted by Gasteiger charge is -2.13. The summed E-state index contributed by atoms with van der Waals surface area (Å²) >= 11 is 0. The highest BCUT2D eigenvalue weighted by molar-refractivity contribution is 6.03. The number of anilines is 2. The number of aromatic nitrogens is 5. The summed E-state index contributed by atoms with van der Waals surface area (Å²) in [6.45, 7) is 0. The summed E-state index contributed by atoms with van der Waals surface area (Å²) < 4.78 is 1.78. The fraction of sp³-hybridized carbons (Fsp3) is 0.188. The Morgan fingerprint density at radius 1 is 1.25 bits per heavy atom. The van der Waals surface area contributed by atoms with Gasteiger partial charge in [0.05, 0.1) is 11.9 Å². The molecule has 3 aromatic heterocycles. The van der Waals surface area contributed by atoms with Gasteiger partial charge < -0.3 is 14.8 Å². The Kier molecular flexibility index (Phi) is 4.19. The summed E-state index contributed by atoms with van der Waals surface area (Å²) in [5, 5.41) is 10.7. The van der Waals surface area contributed by atoms with Gasteiger partial charge in [0.1, 0.15) is 12.0 Å². The van der Waals surface area contributed by atoms with E-state index in [4.69, 9.17) is 0 Å². The third kappa shape index (κ3) is 3.22. The predicted octanol–water partition coefficient (Wildman–Crippen LogP) is 1.59. The van der Waals surface area contributed by atoms with Gasteiger partial charge in [0.25, 0.3) is 5.91 Å². The predicted molar refractivity (Wildman–Crippen MR) is 90.8 cm³/mol. The Morgan fingerprint density at radius 2 is 2.08 bits per heavy atom. The molecule has 0 aliphatic rings. The van der Waals surface area contributed by atoms with E-state index in [1.165, 1.54) is 0 Å². The number of carbonyl (C=O) groups excluding carboxylic acids is 1. The molecule has 8 nitrogen and oxygen atoms in total. The molecule has 1 N–H and O–H groups in total. The number of hydrogen-bond acceptors (Lipinski definition) is 6. The van der Waals surface area contributed by atoms with Crippen molar-refractivity contribution in [3.63, 3.8) is 0 Å². The molecule has 0 aliphatic heterocycles. The number of rotatable bonds is 4. The highest BCUT2D eigenvalue weighted by Crippen LogP contribution is 2.19. The average molecular weight is 323 g/mol. The van der Waals surface area contributed by atoms with Crippen LogP contribution in [-0.2, 0) is 7.05 Å². The van der Waals surface area contributed by atoms with Gasteiger partial charge in [0, 0.05) is 44.8 Å². The molecule has 0 unspecified atom stereocenters. The SMILES string of the molecule is CN(C)c1ccnc(C(=O)Nc2cncc(-c3nncn3C)c2)c1. The minimum absolute atomic E-state index is 0.296. The first kappa shape index (κ1) is 15.6. The van der Waals surface area contributed by atoms with Gasteiger partial charge in [0.2, 0.25) is 0 Å². The lowest BCUT2D eigenvalue weighted by Crippen LogP contribution is -2.16. The van der Waals surface area contributed by atoms with E-state index >= 15 is 0 Å². The van der Waals surface area contributed by atoms with E-state index < -0.39 is 0 Å². The van der Waals surface area contributed by atoms with Crippen molar-refractivity contribution < 1.29 is 4.79 Å². The Labute approximate surface area is 139 Å². The van der Waals surface area contributed by atoms with Gasteiger partial charge in [-0.25, -0.2) is 0 Å². The quantitative estimate of drug-likeness (QED) is 0.784. The van der Waals surface area contributed by atoms with Crippen LogP contribution in [-0.4, -0.2) is 44.7 Å². The van der Waals surface area contributed by atoms with E-state index in [1.807, 2.05) is 32.1 Å². The van der Waals surface area contributed by atoms with Gasteiger partial charge in [0.15, 0.2) is 5.82 Å². The number of pyridine rings is 2. The van der Waals surface area contributed by atoms with Crippen LogP contribution < -0.4 is 10.2 Å². The topological polar surface area (TPSA) is 88.8 Å². The lowest BCUT2D eigenvalue weighted by atomic mass is 10.2. The second kappa shape index (κ2) is 6.45. The van der Waals surface area contributed by atoms with Crippen molar-refractivity contribution in [2.24, 2.45) is 7.05 Å². The van der Waals surface area contributed by atoms with Gasteiger partial charge in [-0.3, -0.25) is 14.8 Å². The number of carbonyl (C=O) groups is 1. The summed E-state index contributed by atoms with van der Waals surface area (Å²) in [6.07, 6.45) is 6.47. The summed E-state index contributed by atoms with van der Waals surface area (Å²) in [7, 11) is 5.66. The Bertz CT molecular complexity index is 872. The maximum absolute atomic E-state index is 12.4. The van der Waals surface area contributed by atoms with Crippen LogP contribution in [0.5, 0.6) is 0 Å². The van der Waals surface area contributed by atoms with Crippen LogP contribution in [0, 0.1) is 0 Å². The molecule has 0 bridgehead atoms. The van der Waals surface area contributed by atoms with E-state index in [9.17, 15) is 4.79 Å². The van der Waals surface area contributed by atoms with Crippen LogP contribution in [0.4, 0.5) is 11.4 Å². The molecule has 0 spiro atoms. The monoisotopic (exact) mass is 323 g/mol. The standard InChI is InChI=1S/C16H17N7O/c1-22(2)13-4-5-18-14(7-13)16(24)20-12-6-11(8-17-9-12)15-21-19-10-23(15)3/h4-10H,1-3H3,(H,20,24). The number of aryl methyl sites for hydroxylation is 1. The van der Waals surface area contributed by atoms with Gasteiger partial charge in [-0.15, -0.1) is 10.2 Å². The third-order valence-corrected chi connectivity index (χ3v) is 3.46. The molecule has 8 heteroatoms. The van der Waals surface area contributed by atoms with Gasteiger partial charge in [-0.05, 0) is 18.2 Å². The number of nitrogens with zero attached hydrogens (tertiary/aromatic N) is 6. The van der Waals surface area contributed by atoms with Crippen LogP contribution in [0.25, 0.3) is 11.4 Å². The molecule has 24 heavy (non-hydrogen) atoms. The Morgan fingerprint density at radius 3 is 2.79 bits per heavy atom. The zero-order valence-electron chi connectivity index (χ0n) is 13.6. The highest BCUT2D eigenvalue weighted by Gasteiger charge is 2.11. The van der Waals surface area contributed by atoms with Crippen LogP contribution in [0.1, 0.15) is 10.5 Å². The first-order valence-electron chi connectivity index (χ1n) is 7.29. The summed E-state index contributed by atoms with van der Waals surface area (Å²) in [6, 6.07) is 5.37. The normalized spacial score (nSPS) is 10.5. The lowest BCUT2D eigenvalue weighted by molar-refractivity contribution is 0.102. The summed E-state index contributed by atoms with van der Waals surface area (Å²) in [5.41, 5.74) is 2.58. The number of hydrogen-bond donors (Lipinski definition) is 1. The van der Waals surface area contributed by atoms with Crippen molar-refractivity contribution in [2.45, 2.75) is 0 Å².